The third-order valence-corrected chi connectivity index (χ3v) is 3.15. The second-order valence-corrected chi connectivity index (χ2v) is 4.30. The molecule has 0 aromatic carbocycles. The molecule has 88 valence electrons. The predicted molar refractivity (Wildman–Crippen MR) is 60.1 cm³/mol. The summed E-state index contributed by atoms with van der Waals surface area (Å²) in [6.45, 7) is 4.77. The number of amides is 1. The van der Waals surface area contributed by atoms with E-state index in [1.165, 1.54) is 6.42 Å². The molecule has 1 aliphatic heterocycles. The molecule has 0 aliphatic carbocycles. The zero-order valence-electron chi connectivity index (χ0n) is 9.86. The monoisotopic (exact) mass is 222 g/mol. The van der Waals surface area contributed by atoms with Gasteiger partial charge in [0.1, 0.15) is 5.82 Å². The molecule has 0 bridgehead atoms. The molecule has 1 aliphatic rings. The summed E-state index contributed by atoms with van der Waals surface area (Å²) in [5.74, 6) is 0.960. The van der Waals surface area contributed by atoms with Crippen LogP contribution in [0.3, 0.4) is 0 Å². The van der Waals surface area contributed by atoms with Crippen molar-refractivity contribution in [1.82, 2.24) is 20.1 Å². The average Bonchev–Trinajstić information content (AvgIpc) is 2.75. The van der Waals surface area contributed by atoms with Crippen LogP contribution >= 0.6 is 0 Å². The zero-order chi connectivity index (χ0) is 11.5. The lowest BCUT2D eigenvalue weighted by atomic mass is 10.00. The van der Waals surface area contributed by atoms with E-state index in [4.69, 9.17) is 0 Å². The van der Waals surface area contributed by atoms with Gasteiger partial charge in [0.15, 0.2) is 0 Å². The third kappa shape index (κ3) is 2.08. The van der Waals surface area contributed by atoms with Crippen molar-refractivity contribution < 1.29 is 4.79 Å². The normalized spacial score (nSPS) is 21.1. The molecule has 2 heterocycles. The molecule has 1 aromatic rings. The van der Waals surface area contributed by atoms with Gasteiger partial charge in [0, 0.05) is 12.6 Å². The van der Waals surface area contributed by atoms with E-state index in [1.54, 1.807) is 6.92 Å². The highest BCUT2D eigenvalue weighted by molar-refractivity contribution is 5.90. The van der Waals surface area contributed by atoms with Gasteiger partial charge in [-0.1, -0.05) is 6.92 Å². The van der Waals surface area contributed by atoms with Crippen molar-refractivity contribution in [3.63, 3.8) is 0 Å². The Kier molecular flexibility index (Phi) is 3.22. The lowest BCUT2D eigenvalue weighted by molar-refractivity contribution is 0.0596. The molecule has 1 fully saturated rings. The smallest absolute Gasteiger partial charge is 0.293 e. The Morgan fingerprint density at radius 2 is 2.38 bits per heavy atom. The van der Waals surface area contributed by atoms with Gasteiger partial charge >= 0.3 is 0 Å². The average molecular weight is 222 g/mol. The summed E-state index contributed by atoms with van der Waals surface area (Å²) in [7, 11) is 0. The van der Waals surface area contributed by atoms with Crippen LogP contribution in [0.25, 0.3) is 0 Å². The summed E-state index contributed by atoms with van der Waals surface area (Å²) < 4.78 is 0. The van der Waals surface area contributed by atoms with Crippen molar-refractivity contribution in [2.24, 2.45) is 0 Å². The topological polar surface area (TPSA) is 61.9 Å². The van der Waals surface area contributed by atoms with Gasteiger partial charge in [0.2, 0.25) is 5.82 Å². The highest BCUT2D eigenvalue weighted by atomic mass is 16.2. The molecule has 0 spiro atoms. The summed E-state index contributed by atoms with van der Waals surface area (Å²) in [6.07, 6.45) is 4.42. The van der Waals surface area contributed by atoms with Crippen molar-refractivity contribution in [2.75, 3.05) is 6.54 Å². The Balaban J connectivity index is 2.13. The molecule has 1 atom stereocenters. The van der Waals surface area contributed by atoms with Crippen LogP contribution in [-0.2, 0) is 0 Å². The number of carbonyl (C=O) groups is 1. The first-order valence-electron chi connectivity index (χ1n) is 5.92. The fourth-order valence-electron chi connectivity index (χ4n) is 2.26. The van der Waals surface area contributed by atoms with Gasteiger partial charge in [-0.15, -0.1) is 5.10 Å². The van der Waals surface area contributed by atoms with Crippen molar-refractivity contribution in [3.05, 3.63) is 11.6 Å². The fourth-order valence-corrected chi connectivity index (χ4v) is 2.26. The van der Waals surface area contributed by atoms with Crippen LogP contribution in [0.5, 0.6) is 0 Å². The van der Waals surface area contributed by atoms with E-state index in [-0.39, 0.29) is 5.91 Å². The number of aromatic amines is 1. The number of hydrogen-bond acceptors (Lipinski definition) is 3. The molecule has 1 amide bonds. The molecule has 0 saturated carbocycles. The van der Waals surface area contributed by atoms with Crippen molar-refractivity contribution in [3.8, 4) is 0 Å². The van der Waals surface area contributed by atoms with E-state index >= 15 is 0 Å². The number of likely N-dealkylation sites (tertiary alicyclic amines) is 1. The molecule has 5 heteroatoms. The van der Waals surface area contributed by atoms with Crippen LogP contribution in [-0.4, -0.2) is 38.6 Å². The molecule has 1 N–H and O–H groups in total. The third-order valence-electron chi connectivity index (χ3n) is 3.15. The number of nitrogens with zero attached hydrogens (tertiary/aromatic N) is 3. The molecule has 2 rings (SSSR count). The van der Waals surface area contributed by atoms with Crippen molar-refractivity contribution in [2.45, 2.75) is 45.6 Å². The maximum atomic E-state index is 12.2. The second kappa shape index (κ2) is 4.63. The Bertz CT molecular complexity index is 374. The van der Waals surface area contributed by atoms with Gasteiger partial charge in [0.25, 0.3) is 5.91 Å². The first-order chi connectivity index (χ1) is 7.72. The van der Waals surface area contributed by atoms with Crippen LogP contribution < -0.4 is 0 Å². The Morgan fingerprint density at radius 3 is 3.00 bits per heavy atom. The molecular weight excluding hydrogens is 204 g/mol. The molecule has 1 saturated heterocycles. The van der Waals surface area contributed by atoms with E-state index in [2.05, 4.69) is 22.1 Å². The maximum Gasteiger partial charge on any atom is 0.293 e. The summed E-state index contributed by atoms with van der Waals surface area (Å²) >= 11 is 0. The van der Waals surface area contributed by atoms with E-state index < -0.39 is 0 Å². The quantitative estimate of drug-likeness (QED) is 0.825. The largest absolute Gasteiger partial charge is 0.333 e. The van der Waals surface area contributed by atoms with Crippen LogP contribution in [0, 0.1) is 6.92 Å². The minimum absolute atomic E-state index is 0.0316. The molecular formula is C11H18N4O. The molecule has 16 heavy (non-hydrogen) atoms. The SMILES string of the molecule is CCC1CCCCN1C(=O)c1n[nH]c(C)n1. The van der Waals surface area contributed by atoms with Crippen LogP contribution in [0.1, 0.15) is 49.1 Å². The number of piperidine rings is 1. The van der Waals surface area contributed by atoms with E-state index in [0.717, 1.165) is 25.8 Å². The van der Waals surface area contributed by atoms with Crippen LogP contribution in [0.2, 0.25) is 0 Å². The Labute approximate surface area is 95.2 Å². The highest BCUT2D eigenvalue weighted by Crippen LogP contribution is 2.20. The van der Waals surface area contributed by atoms with Crippen molar-refractivity contribution in [1.29, 1.82) is 0 Å². The molecule has 0 radical (unpaired) electrons. The van der Waals surface area contributed by atoms with Gasteiger partial charge in [0.05, 0.1) is 0 Å². The lowest BCUT2D eigenvalue weighted by Crippen LogP contribution is -2.43. The number of H-pyrrole nitrogens is 1. The molecule has 1 aromatic heterocycles. The van der Waals surface area contributed by atoms with Gasteiger partial charge in [-0.3, -0.25) is 9.89 Å². The highest BCUT2D eigenvalue weighted by Gasteiger charge is 2.28. The standard InChI is InChI=1S/C11H18N4O/c1-3-9-6-4-5-7-15(9)11(16)10-12-8(2)13-14-10/h9H,3-7H2,1-2H3,(H,12,13,14). The number of hydrogen-bond donors (Lipinski definition) is 1. The molecule has 1 unspecified atom stereocenters. The van der Waals surface area contributed by atoms with Gasteiger partial charge in [-0.05, 0) is 32.6 Å². The van der Waals surface area contributed by atoms with E-state index in [9.17, 15) is 4.79 Å². The number of aromatic nitrogens is 3. The van der Waals surface area contributed by atoms with E-state index in [1.807, 2.05) is 4.90 Å². The minimum atomic E-state index is -0.0316. The van der Waals surface area contributed by atoms with Gasteiger partial charge in [-0.25, -0.2) is 4.98 Å². The zero-order valence-corrected chi connectivity index (χ0v) is 9.86. The Morgan fingerprint density at radius 1 is 1.56 bits per heavy atom. The molecule has 5 nitrogen and oxygen atoms in total. The fraction of sp³-hybridized carbons (Fsp3) is 0.727. The maximum absolute atomic E-state index is 12.2. The van der Waals surface area contributed by atoms with Crippen LogP contribution in [0.15, 0.2) is 0 Å². The number of rotatable bonds is 2. The van der Waals surface area contributed by atoms with Crippen molar-refractivity contribution >= 4 is 5.91 Å². The Hall–Kier alpha value is -1.39. The first kappa shape index (κ1) is 11.1. The van der Waals surface area contributed by atoms with Crippen LogP contribution in [0.4, 0.5) is 0 Å². The minimum Gasteiger partial charge on any atom is -0.333 e. The summed E-state index contributed by atoms with van der Waals surface area (Å²) in [6, 6.07) is 0.361. The van der Waals surface area contributed by atoms with Gasteiger partial charge in [-0.2, -0.15) is 0 Å². The second-order valence-electron chi connectivity index (χ2n) is 4.30. The number of nitrogens with one attached hydrogen (secondary N) is 1. The first-order valence-corrected chi connectivity index (χ1v) is 5.92. The summed E-state index contributed by atoms with van der Waals surface area (Å²) in [5, 5.41) is 6.65. The number of aryl methyl sites for hydroxylation is 1. The summed E-state index contributed by atoms with van der Waals surface area (Å²) in [4.78, 5) is 18.2. The predicted octanol–water partition coefficient (Wildman–Crippen LogP) is 1.52. The van der Waals surface area contributed by atoms with E-state index in [0.29, 0.717) is 17.7 Å². The number of carbonyl (C=O) groups excluding carboxylic acids is 1. The summed E-state index contributed by atoms with van der Waals surface area (Å²) in [5.41, 5.74) is 0. The van der Waals surface area contributed by atoms with Gasteiger partial charge < -0.3 is 4.90 Å². The lowest BCUT2D eigenvalue weighted by Gasteiger charge is -2.34.